The van der Waals surface area contributed by atoms with Crippen LogP contribution in [0.25, 0.3) is 10.9 Å². The van der Waals surface area contributed by atoms with Gasteiger partial charge in [-0.05, 0) is 43.0 Å². The number of benzene rings is 2. The lowest BCUT2D eigenvalue weighted by Crippen LogP contribution is -2.27. The number of H-pyrrole nitrogens is 1. The summed E-state index contributed by atoms with van der Waals surface area (Å²) in [4.78, 5) is 27.5. The Balaban J connectivity index is 1.53. The van der Waals surface area contributed by atoms with Crippen LogP contribution in [0.15, 0.2) is 53.3 Å². The molecule has 0 aliphatic carbocycles. The summed E-state index contributed by atoms with van der Waals surface area (Å²) in [5.41, 5.74) is 4.34. The molecule has 1 aromatic heterocycles. The molecule has 5 heteroatoms. The van der Waals surface area contributed by atoms with Gasteiger partial charge in [-0.25, -0.2) is 4.79 Å². The molecule has 1 heterocycles. The second kappa shape index (κ2) is 8.54. The molecule has 3 rings (SSSR count). The molecule has 0 radical (unpaired) electrons. The molecule has 1 amide bonds. The molecule has 0 saturated carbocycles. The van der Waals surface area contributed by atoms with Crippen LogP contribution in [0.2, 0.25) is 0 Å². The van der Waals surface area contributed by atoms with E-state index in [9.17, 15) is 9.59 Å². The van der Waals surface area contributed by atoms with Crippen LogP contribution in [-0.2, 0) is 24.2 Å². The summed E-state index contributed by atoms with van der Waals surface area (Å²) >= 11 is 0. The van der Waals surface area contributed by atoms with E-state index in [0.717, 1.165) is 18.4 Å². The van der Waals surface area contributed by atoms with Gasteiger partial charge in [-0.15, -0.1) is 0 Å². The monoisotopic (exact) mass is 364 g/mol. The van der Waals surface area contributed by atoms with Crippen molar-refractivity contribution in [3.05, 3.63) is 81.1 Å². The summed E-state index contributed by atoms with van der Waals surface area (Å²) in [7, 11) is 0. The number of hydrogen-bond donors (Lipinski definition) is 2. The number of nitrogens with one attached hydrogen (secondary N) is 2. The van der Waals surface area contributed by atoms with Gasteiger partial charge in [0, 0.05) is 23.0 Å². The van der Waals surface area contributed by atoms with Gasteiger partial charge in [0.1, 0.15) is 6.61 Å². The van der Waals surface area contributed by atoms with Gasteiger partial charge in [-0.1, -0.05) is 43.3 Å². The minimum Gasteiger partial charge on any atom is -0.443 e. The maximum Gasteiger partial charge on any atom is 0.407 e. The lowest BCUT2D eigenvalue weighted by Gasteiger charge is -2.10. The van der Waals surface area contributed by atoms with Crippen LogP contribution in [0.1, 0.15) is 29.3 Å². The Kier molecular flexibility index (Phi) is 5.91. The number of pyridine rings is 1. The fraction of sp³-hybridized carbons (Fsp3) is 0.273. The van der Waals surface area contributed by atoms with Crippen molar-refractivity contribution in [1.82, 2.24) is 10.3 Å². The number of fused-ring (bicyclic) bond motifs is 1. The molecule has 5 nitrogen and oxygen atoms in total. The van der Waals surface area contributed by atoms with Gasteiger partial charge in [0.05, 0.1) is 5.69 Å². The van der Waals surface area contributed by atoms with Crippen molar-refractivity contribution in [3.63, 3.8) is 0 Å². The lowest BCUT2D eigenvalue weighted by atomic mass is 10.1. The van der Waals surface area contributed by atoms with Crippen LogP contribution in [-0.4, -0.2) is 17.6 Å². The summed E-state index contributed by atoms with van der Waals surface area (Å²) in [5.74, 6) is 0. The van der Waals surface area contributed by atoms with Crippen LogP contribution in [0, 0.1) is 6.92 Å². The van der Waals surface area contributed by atoms with E-state index in [4.69, 9.17) is 4.74 Å². The molecule has 0 atom stereocenters. The molecular weight excluding hydrogens is 340 g/mol. The SMILES string of the molecule is CCc1ccc(CCNC(=O)OCc2[nH]c3ccccc3c(=O)c2C)cc1. The van der Waals surface area contributed by atoms with E-state index < -0.39 is 6.09 Å². The summed E-state index contributed by atoms with van der Waals surface area (Å²) in [5, 5.41) is 3.38. The van der Waals surface area contributed by atoms with Crippen molar-refractivity contribution in [2.24, 2.45) is 0 Å². The minimum atomic E-state index is -0.492. The number of aromatic amines is 1. The molecule has 2 aromatic carbocycles. The smallest absolute Gasteiger partial charge is 0.407 e. The zero-order valence-electron chi connectivity index (χ0n) is 15.7. The van der Waals surface area contributed by atoms with Crippen LogP contribution < -0.4 is 10.7 Å². The van der Waals surface area contributed by atoms with Crippen LogP contribution in [0.3, 0.4) is 0 Å². The summed E-state index contributed by atoms with van der Waals surface area (Å²) in [6.07, 6.45) is 1.26. The first-order valence-corrected chi connectivity index (χ1v) is 9.17. The number of ether oxygens (including phenoxy) is 1. The van der Waals surface area contributed by atoms with Crippen molar-refractivity contribution in [1.29, 1.82) is 0 Å². The normalized spacial score (nSPS) is 10.7. The molecule has 0 aliphatic rings. The van der Waals surface area contributed by atoms with Crippen LogP contribution in [0.5, 0.6) is 0 Å². The molecule has 0 saturated heterocycles. The third-order valence-corrected chi connectivity index (χ3v) is 4.71. The zero-order valence-corrected chi connectivity index (χ0v) is 15.7. The lowest BCUT2D eigenvalue weighted by molar-refractivity contribution is 0.138. The first-order chi connectivity index (χ1) is 13.1. The minimum absolute atomic E-state index is 0.0307. The highest BCUT2D eigenvalue weighted by molar-refractivity contribution is 5.79. The Morgan fingerprint density at radius 2 is 1.78 bits per heavy atom. The van der Waals surface area contributed by atoms with Gasteiger partial charge >= 0.3 is 6.09 Å². The van der Waals surface area contributed by atoms with Gasteiger partial charge in [0.25, 0.3) is 0 Å². The van der Waals surface area contributed by atoms with E-state index >= 15 is 0 Å². The molecule has 140 valence electrons. The molecule has 2 N–H and O–H groups in total. The van der Waals surface area contributed by atoms with E-state index in [0.29, 0.717) is 23.2 Å². The highest BCUT2D eigenvalue weighted by Crippen LogP contribution is 2.11. The fourth-order valence-corrected chi connectivity index (χ4v) is 2.97. The number of aryl methyl sites for hydroxylation is 1. The predicted molar refractivity (Wildman–Crippen MR) is 107 cm³/mol. The van der Waals surface area contributed by atoms with Gasteiger partial charge in [0.15, 0.2) is 5.43 Å². The number of aromatic nitrogens is 1. The van der Waals surface area contributed by atoms with E-state index in [1.54, 1.807) is 13.0 Å². The molecule has 0 spiro atoms. The number of hydrogen-bond acceptors (Lipinski definition) is 3. The average Bonchev–Trinajstić information content (AvgIpc) is 2.70. The molecule has 0 fully saturated rings. The zero-order chi connectivity index (χ0) is 19.2. The topological polar surface area (TPSA) is 71.2 Å². The molecule has 0 unspecified atom stereocenters. The third kappa shape index (κ3) is 4.56. The number of para-hydroxylation sites is 1. The van der Waals surface area contributed by atoms with E-state index in [-0.39, 0.29) is 12.0 Å². The molecule has 0 bridgehead atoms. The van der Waals surface area contributed by atoms with Crippen LogP contribution in [0.4, 0.5) is 4.79 Å². The van der Waals surface area contributed by atoms with Gasteiger partial charge < -0.3 is 15.0 Å². The maximum absolute atomic E-state index is 12.4. The summed E-state index contributed by atoms with van der Waals surface area (Å²) < 4.78 is 5.27. The Morgan fingerprint density at radius 3 is 2.52 bits per heavy atom. The molecule has 3 aromatic rings. The van der Waals surface area contributed by atoms with Gasteiger partial charge in [0.2, 0.25) is 0 Å². The predicted octanol–water partition coefficient (Wildman–Crippen LogP) is 3.87. The Labute approximate surface area is 158 Å². The first-order valence-electron chi connectivity index (χ1n) is 9.17. The van der Waals surface area contributed by atoms with Crippen LogP contribution >= 0.6 is 0 Å². The molecule has 0 aliphatic heterocycles. The Bertz CT molecular complexity index is 991. The third-order valence-electron chi connectivity index (χ3n) is 4.71. The van der Waals surface area contributed by atoms with Crippen molar-refractivity contribution < 1.29 is 9.53 Å². The number of carbonyl (C=O) groups is 1. The number of rotatable bonds is 6. The van der Waals surface area contributed by atoms with E-state index in [1.165, 1.54) is 11.1 Å². The maximum atomic E-state index is 12.4. The second-order valence-corrected chi connectivity index (χ2v) is 6.53. The number of carbonyl (C=O) groups excluding carboxylic acids is 1. The fourth-order valence-electron chi connectivity index (χ4n) is 2.97. The summed E-state index contributed by atoms with van der Waals surface area (Å²) in [6, 6.07) is 15.7. The van der Waals surface area contributed by atoms with E-state index in [2.05, 4.69) is 41.5 Å². The van der Waals surface area contributed by atoms with Gasteiger partial charge in [-0.3, -0.25) is 4.79 Å². The Morgan fingerprint density at radius 1 is 1.07 bits per heavy atom. The standard InChI is InChI=1S/C22H24N2O3/c1-3-16-8-10-17(11-9-16)12-13-23-22(26)27-14-20-15(2)21(25)18-6-4-5-7-19(18)24-20/h4-11H,3,12-14H2,1-2H3,(H,23,26)(H,24,25). The Hall–Kier alpha value is -3.08. The van der Waals surface area contributed by atoms with Crippen molar-refractivity contribution in [2.45, 2.75) is 33.3 Å². The second-order valence-electron chi connectivity index (χ2n) is 6.53. The number of amides is 1. The average molecular weight is 364 g/mol. The molecule has 27 heavy (non-hydrogen) atoms. The summed E-state index contributed by atoms with van der Waals surface area (Å²) in [6.45, 7) is 4.39. The molecular formula is C22H24N2O3. The van der Waals surface area contributed by atoms with E-state index in [1.807, 2.05) is 18.2 Å². The van der Waals surface area contributed by atoms with Gasteiger partial charge in [-0.2, -0.15) is 0 Å². The van der Waals surface area contributed by atoms with Crippen molar-refractivity contribution >= 4 is 17.0 Å². The van der Waals surface area contributed by atoms with Crippen molar-refractivity contribution in [2.75, 3.05) is 6.54 Å². The quantitative estimate of drug-likeness (QED) is 0.697. The highest BCUT2D eigenvalue weighted by Gasteiger charge is 2.10. The first kappa shape index (κ1) is 18.7. The van der Waals surface area contributed by atoms with Crippen molar-refractivity contribution in [3.8, 4) is 0 Å². The number of alkyl carbamates (subject to hydrolysis) is 1. The highest BCUT2D eigenvalue weighted by atomic mass is 16.5. The largest absolute Gasteiger partial charge is 0.443 e.